The molecule has 1 saturated heterocycles. The topological polar surface area (TPSA) is 77.7 Å². The number of likely N-dealkylation sites (tertiary alicyclic amines) is 1. The summed E-state index contributed by atoms with van der Waals surface area (Å²) in [6.07, 6.45) is 5.28. The van der Waals surface area contributed by atoms with Crippen molar-refractivity contribution in [2.45, 2.75) is 18.8 Å². The Hall–Kier alpha value is -3.61. The van der Waals surface area contributed by atoms with Gasteiger partial charge in [0.1, 0.15) is 0 Å². The molecule has 1 atom stereocenters. The van der Waals surface area contributed by atoms with Gasteiger partial charge >= 0.3 is 0 Å². The van der Waals surface area contributed by atoms with Crippen molar-refractivity contribution < 1.29 is 18.7 Å². The van der Waals surface area contributed by atoms with Gasteiger partial charge in [-0.05, 0) is 42.7 Å². The first kappa shape index (κ1) is 18.4. The molecule has 1 aromatic heterocycles. The Balaban J connectivity index is 1.27. The molecule has 7 nitrogen and oxygen atoms in total. The highest BCUT2D eigenvalue weighted by Gasteiger charge is 2.28. The predicted molar refractivity (Wildman–Crippen MR) is 110 cm³/mol. The number of fused-ring (bicyclic) bond motifs is 1. The molecule has 3 heterocycles. The van der Waals surface area contributed by atoms with Crippen molar-refractivity contribution in [2.75, 3.05) is 19.9 Å². The number of carbonyl (C=O) groups excluding carboxylic acids is 1. The van der Waals surface area contributed by atoms with E-state index in [4.69, 9.17) is 13.9 Å². The second kappa shape index (κ2) is 8.02. The van der Waals surface area contributed by atoms with E-state index in [1.54, 1.807) is 6.08 Å². The lowest BCUT2D eigenvalue weighted by molar-refractivity contribution is -0.127. The molecule has 7 heteroatoms. The van der Waals surface area contributed by atoms with Crippen LogP contribution in [0.3, 0.4) is 0 Å². The third-order valence-electron chi connectivity index (χ3n) is 5.36. The third-order valence-corrected chi connectivity index (χ3v) is 5.36. The minimum atomic E-state index is -0.000868. The fourth-order valence-corrected chi connectivity index (χ4v) is 3.76. The van der Waals surface area contributed by atoms with Crippen LogP contribution in [0.2, 0.25) is 0 Å². The normalized spacial score (nSPS) is 18.1. The van der Waals surface area contributed by atoms with E-state index in [9.17, 15) is 4.79 Å². The standard InChI is InChI=1S/C23H21N3O4/c27-21(11-8-16-5-2-1-3-6-16)26-12-4-7-18(14-26)23-25-24-22(30-23)17-9-10-19-20(13-17)29-15-28-19/h1-3,5-6,8-11,13,18H,4,7,12,14-15H2/b11-8+. The Bertz CT molecular complexity index is 1080. The van der Waals surface area contributed by atoms with Crippen molar-refractivity contribution in [3.8, 4) is 23.0 Å². The molecule has 3 aromatic rings. The molecule has 152 valence electrons. The average Bonchev–Trinajstić information content (AvgIpc) is 3.47. The quantitative estimate of drug-likeness (QED) is 0.615. The van der Waals surface area contributed by atoms with Crippen LogP contribution in [0.15, 0.2) is 59.0 Å². The minimum Gasteiger partial charge on any atom is -0.454 e. The van der Waals surface area contributed by atoms with Gasteiger partial charge in [0.15, 0.2) is 11.5 Å². The molecular weight excluding hydrogens is 382 g/mol. The summed E-state index contributed by atoms with van der Waals surface area (Å²) < 4.78 is 16.7. The zero-order valence-electron chi connectivity index (χ0n) is 16.4. The molecule has 30 heavy (non-hydrogen) atoms. The summed E-state index contributed by atoms with van der Waals surface area (Å²) >= 11 is 0. The maximum atomic E-state index is 12.6. The zero-order chi connectivity index (χ0) is 20.3. The lowest BCUT2D eigenvalue weighted by atomic mass is 9.98. The Labute approximate surface area is 173 Å². The molecule has 0 saturated carbocycles. The van der Waals surface area contributed by atoms with E-state index in [1.165, 1.54) is 0 Å². The number of carbonyl (C=O) groups is 1. The van der Waals surface area contributed by atoms with Crippen molar-refractivity contribution in [3.63, 3.8) is 0 Å². The minimum absolute atomic E-state index is 0.000868. The van der Waals surface area contributed by atoms with Crippen molar-refractivity contribution in [3.05, 3.63) is 66.1 Å². The monoisotopic (exact) mass is 403 g/mol. The lowest BCUT2D eigenvalue weighted by Gasteiger charge is -2.30. The summed E-state index contributed by atoms with van der Waals surface area (Å²) in [7, 11) is 0. The van der Waals surface area contributed by atoms with Gasteiger partial charge in [0.25, 0.3) is 0 Å². The molecule has 2 aliphatic rings. The van der Waals surface area contributed by atoms with E-state index >= 15 is 0 Å². The van der Waals surface area contributed by atoms with Crippen LogP contribution in [0, 0.1) is 0 Å². The van der Waals surface area contributed by atoms with E-state index in [1.807, 2.05) is 59.5 Å². The maximum absolute atomic E-state index is 12.6. The second-order valence-electron chi connectivity index (χ2n) is 7.38. The first-order chi connectivity index (χ1) is 14.8. The number of ether oxygens (including phenoxy) is 2. The van der Waals surface area contributed by atoms with Crippen LogP contribution in [0.1, 0.15) is 30.2 Å². The van der Waals surface area contributed by atoms with Crippen LogP contribution in [-0.4, -0.2) is 40.9 Å². The molecule has 2 aliphatic heterocycles. The van der Waals surface area contributed by atoms with Crippen molar-refractivity contribution >= 4 is 12.0 Å². The van der Waals surface area contributed by atoms with E-state index in [0.717, 1.165) is 30.5 Å². The molecule has 0 aliphatic carbocycles. The van der Waals surface area contributed by atoms with Crippen LogP contribution >= 0.6 is 0 Å². The summed E-state index contributed by atoms with van der Waals surface area (Å²) in [5.41, 5.74) is 1.79. The van der Waals surface area contributed by atoms with E-state index < -0.39 is 0 Å². The SMILES string of the molecule is O=C(/C=C/c1ccccc1)N1CCCC(c2nnc(-c3ccc4c(c3)OCO4)o2)C1. The van der Waals surface area contributed by atoms with Crippen molar-refractivity contribution in [1.82, 2.24) is 15.1 Å². The highest BCUT2D eigenvalue weighted by molar-refractivity contribution is 5.91. The zero-order valence-corrected chi connectivity index (χ0v) is 16.4. The van der Waals surface area contributed by atoms with Gasteiger partial charge in [0.2, 0.25) is 24.5 Å². The summed E-state index contributed by atoms with van der Waals surface area (Å²) in [6.45, 7) is 1.52. The number of hydrogen-bond donors (Lipinski definition) is 0. The maximum Gasteiger partial charge on any atom is 0.247 e. The first-order valence-electron chi connectivity index (χ1n) is 10.0. The van der Waals surface area contributed by atoms with Crippen LogP contribution in [0.25, 0.3) is 17.5 Å². The van der Waals surface area contributed by atoms with Crippen LogP contribution < -0.4 is 9.47 Å². The predicted octanol–water partition coefficient (Wildman–Crippen LogP) is 3.88. The highest BCUT2D eigenvalue weighted by atomic mass is 16.7. The Morgan fingerprint density at radius 1 is 1.07 bits per heavy atom. The molecule has 1 unspecified atom stereocenters. The number of piperidine rings is 1. The van der Waals surface area contributed by atoms with Gasteiger partial charge in [0.05, 0.1) is 5.92 Å². The van der Waals surface area contributed by atoms with Crippen LogP contribution in [0.5, 0.6) is 11.5 Å². The number of aromatic nitrogens is 2. The molecule has 1 amide bonds. The van der Waals surface area contributed by atoms with E-state index in [0.29, 0.717) is 29.8 Å². The molecule has 0 N–H and O–H groups in total. The first-order valence-corrected chi connectivity index (χ1v) is 10.0. The molecule has 0 bridgehead atoms. The average molecular weight is 403 g/mol. The third kappa shape index (κ3) is 3.78. The summed E-state index contributed by atoms with van der Waals surface area (Å²) in [5, 5.41) is 8.45. The number of benzene rings is 2. The van der Waals surface area contributed by atoms with E-state index in [-0.39, 0.29) is 18.6 Å². The molecule has 1 fully saturated rings. The number of nitrogens with zero attached hydrogens (tertiary/aromatic N) is 3. The Kier molecular flexibility index (Phi) is 4.93. The second-order valence-corrected chi connectivity index (χ2v) is 7.38. The van der Waals surface area contributed by atoms with Gasteiger partial charge in [-0.3, -0.25) is 4.79 Å². The highest BCUT2D eigenvalue weighted by Crippen LogP contribution is 2.36. The van der Waals surface area contributed by atoms with Gasteiger partial charge in [-0.1, -0.05) is 30.3 Å². The Morgan fingerprint density at radius 2 is 1.93 bits per heavy atom. The van der Waals surface area contributed by atoms with Crippen LogP contribution in [0.4, 0.5) is 0 Å². The van der Waals surface area contributed by atoms with Crippen molar-refractivity contribution in [2.24, 2.45) is 0 Å². The smallest absolute Gasteiger partial charge is 0.247 e. The largest absolute Gasteiger partial charge is 0.454 e. The van der Waals surface area contributed by atoms with Gasteiger partial charge in [-0.25, -0.2) is 0 Å². The molecule has 0 spiro atoms. The number of rotatable bonds is 4. The van der Waals surface area contributed by atoms with Crippen molar-refractivity contribution in [1.29, 1.82) is 0 Å². The number of hydrogen-bond acceptors (Lipinski definition) is 6. The fourth-order valence-electron chi connectivity index (χ4n) is 3.76. The molecule has 0 radical (unpaired) electrons. The summed E-state index contributed by atoms with van der Waals surface area (Å²) in [4.78, 5) is 14.5. The van der Waals surface area contributed by atoms with E-state index in [2.05, 4.69) is 10.2 Å². The van der Waals surface area contributed by atoms with Crippen LogP contribution in [-0.2, 0) is 4.79 Å². The number of amides is 1. The fraction of sp³-hybridized carbons (Fsp3) is 0.261. The Morgan fingerprint density at radius 3 is 2.83 bits per heavy atom. The van der Waals surface area contributed by atoms with Gasteiger partial charge < -0.3 is 18.8 Å². The molecule has 2 aromatic carbocycles. The summed E-state index contributed by atoms with van der Waals surface area (Å²) in [5.74, 6) is 2.42. The summed E-state index contributed by atoms with van der Waals surface area (Å²) in [6, 6.07) is 15.3. The van der Waals surface area contributed by atoms with Gasteiger partial charge in [-0.15, -0.1) is 10.2 Å². The molecule has 5 rings (SSSR count). The molecular formula is C23H21N3O4. The lowest BCUT2D eigenvalue weighted by Crippen LogP contribution is -2.38. The van der Waals surface area contributed by atoms with Gasteiger partial charge in [-0.2, -0.15) is 0 Å². The van der Waals surface area contributed by atoms with Gasteiger partial charge in [0, 0.05) is 24.7 Å².